The molecule has 3 rings (SSSR count). The van der Waals surface area contributed by atoms with Crippen molar-refractivity contribution in [1.29, 1.82) is 0 Å². The smallest absolute Gasteiger partial charge is 0.349 e. The van der Waals surface area contributed by atoms with Crippen LogP contribution in [0.2, 0.25) is 5.02 Å². The van der Waals surface area contributed by atoms with Crippen molar-refractivity contribution < 1.29 is 14.3 Å². The number of rotatable bonds is 4. The highest BCUT2D eigenvalue weighted by Crippen LogP contribution is 2.31. The van der Waals surface area contributed by atoms with Crippen molar-refractivity contribution in [3.8, 4) is 11.5 Å². The fourth-order valence-electron chi connectivity index (χ4n) is 2.32. The number of aryl methyl sites for hydroxylation is 1. The maximum absolute atomic E-state index is 12.1. The molecule has 0 aliphatic rings. The second-order valence-corrected chi connectivity index (χ2v) is 6.53. The van der Waals surface area contributed by atoms with Crippen LogP contribution in [0.3, 0.4) is 0 Å². The van der Waals surface area contributed by atoms with Gasteiger partial charge in [-0.2, -0.15) is 0 Å². The lowest BCUT2D eigenvalue weighted by Gasteiger charge is -2.10. The Morgan fingerprint density at radius 3 is 2.58 bits per heavy atom. The zero-order valence-corrected chi connectivity index (χ0v) is 15.2. The molecule has 5 heteroatoms. The number of carbonyl (C=O) groups excluding carboxylic acids is 1. The summed E-state index contributed by atoms with van der Waals surface area (Å²) in [6, 6.07) is 16.6. The van der Waals surface area contributed by atoms with Crippen LogP contribution in [0.5, 0.6) is 11.5 Å². The molecule has 0 bridgehead atoms. The van der Waals surface area contributed by atoms with Gasteiger partial charge >= 0.3 is 5.97 Å². The molecule has 0 N–H and O–H groups in total. The summed E-state index contributed by atoms with van der Waals surface area (Å²) in [5.74, 6) is 0.624. The molecule has 0 aromatic heterocycles. The molecule has 3 aromatic rings. The third-order valence-corrected chi connectivity index (χ3v) is 4.66. The van der Waals surface area contributed by atoms with E-state index in [1.807, 2.05) is 37.3 Å². The van der Waals surface area contributed by atoms with Gasteiger partial charge in [-0.1, -0.05) is 51.8 Å². The van der Waals surface area contributed by atoms with Crippen molar-refractivity contribution in [3.63, 3.8) is 0 Å². The highest BCUT2D eigenvalue weighted by atomic mass is 79.9. The van der Waals surface area contributed by atoms with Gasteiger partial charge in [0.1, 0.15) is 11.5 Å². The average Bonchev–Trinajstić information content (AvgIpc) is 2.59. The zero-order chi connectivity index (χ0) is 17.1. The first-order chi connectivity index (χ1) is 11.5. The van der Waals surface area contributed by atoms with Crippen molar-refractivity contribution in [2.45, 2.75) is 6.92 Å². The van der Waals surface area contributed by atoms with Crippen molar-refractivity contribution in [1.82, 2.24) is 0 Å². The summed E-state index contributed by atoms with van der Waals surface area (Å²) in [5, 5.41) is 2.51. The normalized spacial score (nSPS) is 10.6. The van der Waals surface area contributed by atoms with Gasteiger partial charge in [-0.05, 0) is 48.2 Å². The van der Waals surface area contributed by atoms with Gasteiger partial charge in [-0.15, -0.1) is 0 Å². The van der Waals surface area contributed by atoms with E-state index in [1.54, 1.807) is 24.3 Å². The maximum Gasteiger partial charge on any atom is 0.349 e. The second-order valence-electron chi connectivity index (χ2n) is 5.26. The molecule has 3 nitrogen and oxygen atoms in total. The number of hydrogen-bond acceptors (Lipinski definition) is 3. The molecule has 24 heavy (non-hydrogen) atoms. The van der Waals surface area contributed by atoms with Crippen LogP contribution in [0, 0.1) is 6.92 Å². The van der Waals surface area contributed by atoms with Crippen LogP contribution in [-0.2, 0) is 4.79 Å². The highest BCUT2D eigenvalue weighted by Gasteiger charge is 2.11. The second kappa shape index (κ2) is 7.24. The molecule has 0 aliphatic carbocycles. The van der Waals surface area contributed by atoms with E-state index < -0.39 is 5.97 Å². The molecule has 0 saturated heterocycles. The van der Waals surface area contributed by atoms with E-state index in [9.17, 15) is 4.79 Å². The Balaban J connectivity index is 1.71. The van der Waals surface area contributed by atoms with Crippen LogP contribution >= 0.6 is 27.5 Å². The van der Waals surface area contributed by atoms with Gasteiger partial charge in [0.05, 0.1) is 0 Å². The highest BCUT2D eigenvalue weighted by molar-refractivity contribution is 9.10. The zero-order valence-electron chi connectivity index (χ0n) is 12.9. The first-order valence-electron chi connectivity index (χ1n) is 7.31. The topological polar surface area (TPSA) is 35.5 Å². The number of ether oxygens (including phenoxy) is 2. The van der Waals surface area contributed by atoms with Crippen LogP contribution in [-0.4, -0.2) is 12.6 Å². The van der Waals surface area contributed by atoms with Gasteiger partial charge in [0, 0.05) is 14.9 Å². The number of hydrogen-bond donors (Lipinski definition) is 0. The standard InChI is InChI=1S/C19H14BrClO3/c1-12-10-13(6-8-17(12)21)23-11-19(22)24-18-9-7-16(20)14-4-2-3-5-15(14)18/h2-10H,11H2,1H3. The van der Waals surface area contributed by atoms with Crippen LogP contribution in [0.1, 0.15) is 5.56 Å². The van der Waals surface area contributed by atoms with Crippen molar-refractivity contribution >= 4 is 44.3 Å². The van der Waals surface area contributed by atoms with Gasteiger partial charge in [-0.3, -0.25) is 0 Å². The maximum atomic E-state index is 12.1. The lowest BCUT2D eigenvalue weighted by atomic mass is 10.1. The molecule has 3 aromatic carbocycles. The molecule has 0 fully saturated rings. The van der Waals surface area contributed by atoms with E-state index in [0.717, 1.165) is 20.8 Å². The van der Waals surface area contributed by atoms with Crippen molar-refractivity contribution in [3.05, 3.63) is 69.7 Å². The number of fused-ring (bicyclic) bond motifs is 1. The Morgan fingerprint density at radius 2 is 1.83 bits per heavy atom. The minimum absolute atomic E-state index is 0.175. The molecular weight excluding hydrogens is 392 g/mol. The first-order valence-corrected chi connectivity index (χ1v) is 8.48. The monoisotopic (exact) mass is 404 g/mol. The average molecular weight is 406 g/mol. The van der Waals surface area contributed by atoms with E-state index in [-0.39, 0.29) is 6.61 Å². The van der Waals surface area contributed by atoms with E-state index in [4.69, 9.17) is 21.1 Å². The SMILES string of the molecule is Cc1cc(OCC(=O)Oc2ccc(Br)c3ccccc23)ccc1Cl. The Labute approximate surface area is 153 Å². The van der Waals surface area contributed by atoms with Crippen LogP contribution in [0.4, 0.5) is 0 Å². The first kappa shape index (κ1) is 16.8. The summed E-state index contributed by atoms with van der Waals surface area (Å²) in [6.45, 7) is 1.70. The van der Waals surface area contributed by atoms with Crippen LogP contribution < -0.4 is 9.47 Å². The predicted octanol–water partition coefficient (Wildman–Crippen LogP) is 5.55. The Kier molecular flexibility index (Phi) is 5.07. The Bertz CT molecular complexity index is 908. The van der Waals surface area contributed by atoms with Crippen LogP contribution in [0.25, 0.3) is 10.8 Å². The van der Waals surface area contributed by atoms with Gasteiger partial charge in [-0.25, -0.2) is 4.79 Å². The fourth-order valence-corrected chi connectivity index (χ4v) is 2.92. The number of esters is 1. The van der Waals surface area contributed by atoms with Gasteiger partial charge in [0.2, 0.25) is 0 Å². The van der Waals surface area contributed by atoms with Gasteiger partial charge in [0.15, 0.2) is 6.61 Å². The van der Waals surface area contributed by atoms with Gasteiger partial charge in [0.25, 0.3) is 0 Å². The van der Waals surface area contributed by atoms with Gasteiger partial charge < -0.3 is 9.47 Å². The quantitative estimate of drug-likeness (QED) is 0.422. The summed E-state index contributed by atoms with van der Waals surface area (Å²) in [5.41, 5.74) is 0.890. The Morgan fingerprint density at radius 1 is 1.08 bits per heavy atom. The van der Waals surface area contributed by atoms with E-state index >= 15 is 0 Å². The van der Waals surface area contributed by atoms with Crippen molar-refractivity contribution in [2.75, 3.05) is 6.61 Å². The predicted molar refractivity (Wildman–Crippen MR) is 99.0 cm³/mol. The summed E-state index contributed by atoms with van der Waals surface area (Å²) < 4.78 is 11.9. The molecule has 0 atom stereocenters. The molecule has 0 aliphatic heterocycles. The molecule has 0 heterocycles. The molecule has 0 saturated carbocycles. The largest absolute Gasteiger partial charge is 0.482 e. The number of benzene rings is 3. The summed E-state index contributed by atoms with van der Waals surface area (Å²) in [7, 11) is 0. The molecule has 0 spiro atoms. The number of carbonyl (C=O) groups is 1. The third-order valence-electron chi connectivity index (χ3n) is 3.54. The Hall–Kier alpha value is -2.04. The lowest BCUT2D eigenvalue weighted by Crippen LogP contribution is -2.17. The van der Waals surface area contributed by atoms with E-state index in [1.165, 1.54) is 0 Å². The molecule has 0 unspecified atom stereocenters. The summed E-state index contributed by atoms with van der Waals surface area (Å²) in [6.07, 6.45) is 0. The van der Waals surface area contributed by atoms with Crippen molar-refractivity contribution in [2.24, 2.45) is 0 Å². The number of halogens is 2. The molecule has 0 radical (unpaired) electrons. The molecule has 0 amide bonds. The summed E-state index contributed by atoms with van der Waals surface area (Å²) >= 11 is 9.46. The summed E-state index contributed by atoms with van der Waals surface area (Å²) in [4.78, 5) is 12.1. The third kappa shape index (κ3) is 3.71. The molecular formula is C19H14BrClO3. The van der Waals surface area contributed by atoms with E-state index in [2.05, 4.69) is 15.9 Å². The van der Waals surface area contributed by atoms with Crippen LogP contribution in [0.15, 0.2) is 59.1 Å². The minimum Gasteiger partial charge on any atom is -0.482 e. The lowest BCUT2D eigenvalue weighted by molar-refractivity contribution is -0.136. The fraction of sp³-hybridized carbons (Fsp3) is 0.105. The molecule has 122 valence electrons. The van der Waals surface area contributed by atoms with E-state index in [0.29, 0.717) is 16.5 Å². The minimum atomic E-state index is -0.463.